The van der Waals surface area contributed by atoms with E-state index in [0.29, 0.717) is 17.9 Å². The van der Waals surface area contributed by atoms with Gasteiger partial charge in [-0.2, -0.15) is 0 Å². The molecular weight excluding hydrogens is 274 g/mol. The highest BCUT2D eigenvalue weighted by Gasteiger charge is 2.14. The minimum Gasteiger partial charge on any atom is -0.398 e. The Morgan fingerprint density at radius 2 is 1.91 bits per heavy atom. The molecule has 0 bridgehead atoms. The molecule has 4 nitrogen and oxygen atoms in total. The molecule has 0 unspecified atom stereocenters. The van der Waals surface area contributed by atoms with E-state index in [0.717, 1.165) is 21.9 Å². The summed E-state index contributed by atoms with van der Waals surface area (Å²) in [4.78, 5) is 16.7. The molecule has 3 rings (SSSR count). The van der Waals surface area contributed by atoms with E-state index in [4.69, 9.17) is 5.73 Å². The summed E-state index contributed by atoms with van der Waals surface area (Å²) in [6, 6.07) is 15.4. The number of hydrogen-bond donors (Lipinski definition) is 2. The number of nitrogen functional groups attached to an aromatic ring is 1. The Kier molecular flexibility index (Phi) is 3.74. The number of aryl methyl sites for hydroxylation is 1. The van der Waals surface area contributed by atoms with E-state index in [1.54, 1.807) is 6.20 Å². The topological polar surface area (TPSA) is 68.0 Å². The number of nitrogens with zero attached hydrogens (tertiary/aromatic N) is 1. The van der Waals surface area contributed by atoms with Crippen LogP contribution in [0.1, 0.15) is 21.6 Å². The van der Waals surface area contributed by atoms with Gasteiger partial charge in [-0.3, -0.25) is 9.78 Å². The monoisotopic (exact) mass is 291 g/mol. The molecule has 0 aliphatic carbocycles. The molecule has 3 aromatic rings. The van der Waals surface area contributed by atoms with E-state index in [1.807, 2.05) is 55.5 Å². The maximum atomic E-state index is 12.5. The number of hydrogen-bond acceptors (Lipinski definition) is 3. The van der Waals surface area contributed by atoms with Crippen LogP contribution in [0.4, 0.5) is 5.69 Å². The Morgan fingerprint density at radius 1 is 1.14 bits per heavy atom. The van der Waals surface area contributed by atoms with Crippen LogP contribution in [-0.4, -0.2) is 10.9 Å². The van der Waals surface area contributed by atoms with Gasteiger partial charge in [0.05, 0.1) is 0 Å². The number of anilines is 1. The van der Waals surface area contributed by atoms with E-state index in [9.17, 15) is 4.79 Å². The van der Waals surface area contributed by atoms with Crippen LogP contribution in [0.3, 0.4) is 0 Å². The molecule has 0 fully saturated rings. The van der Waals surface area contributed by atoms with Gasteiger partial charge in [-0.15, -0.1) is 0 Å². The second-order valence-corrected chi connectivity index (χ2v) is 5.22. The van der Waals surface area contributed by atoms with Crippen molar-refractivity contribution in [3.8, 4) is 0 Å². The Balaban J connectivity index is 1.93. The van der Waals surface area contributed by atoms with E-state index >= 15 is 0 Å². The summed E-state index contributed by atoms with van der Waals surface area (Å²) in [5.74, 6) is -0.192. The van der Waals surface area contributed by atoms with Crippen LogP contribution in [0, 0.1) is 6.92 Å². The number of amides is 1. The summed E-state index contributed by atoms with van der Waals surface area (Å²) in [7, 11) is 0. The van der Waals surface area contributed by atoms with Crippen LogP contribution in [0.5, 0.6) is 0 Å². The molecule has 1 amide bonds. The molecule has 0 aliphatic heterocycles. The lowest BCUT2D eigenvalue weighted by Crippen LogP contribution is -2.24. The standard InChI is InChI=1S/C18H17N3O/c1-12-7-8-15(19)14-9-10-20-17(16(12)14)18(22)21-11-13-5-3-2-4-6-13/h2-10H,11,19H2,1H3,(H,21,22). The summed E-state index contributed by atoms with van der Waals surface area (Å²) in [6.45, 7) is 2.43. The Labute approximate surface area is 129 Å². The van der Waals surface area contributed by atoms with E-state index in [-0.39, 0.29) is 5.91 Å². The van der Waals surface area contributed by atoms with E-state index in [2.05, 4.69) is 10.3 Å². The minimum atomic E-state index is -0.192. The van der Waals surface area contributed by atoms with Gasteiger partial charge in [0.2, 0.25) is 0 Å². The number of benzene rings is 2. The fraction of sp³-hybridized carbons (Fsp3) is 0.111. The Hall–Kier alpha value is -2.88. The summed E-state index contributed by atoms with van der Waals surface area (Å²) >= 11 is 0. The first-order chi connectivity index (χ1) is 10.7. The van der Waals surface area contributed by atoms with Crippen molar-refractivity contribution in [3.05, 3.63) is 71.5 Å². The van der Waals surface area contributed by atoms with Crippen LogP contribution in [0.25, 0.3) is 10.8 Å². The van der Waals surface area contributed by atoms with Crippen molar-refractivity contribution in [3.63, 3.8) is 0 Å². The van der Waals surface area contributed by atoms with Gasteiger partial charge >= 0.3 is 0 Å². The molecule has 0 saturated heterocycles. The van der Waals surface area contributed by atoms with Crippen LogP contribution < -0.4 is 11.1 Å². The van der Waals surface area contributed by atoms with Crippen molar-refractivity contribution in [2.24, 2.45) is 0 Å². The summed E-state index contributed by atoms with van der Waals surface area (Å²) in [6.07, 6.45) is 1.62. The normalized spacial score (nSPS) is 10.6. The van der Waals surface area contributed by atoms with Crippen LogP contribution >= 0.6 is 0 Å². The first-order valence-electron chi connectivity index (χ1n) is 7.13. The highest BCUT2D eigenvalue weighted by molar-refractivity contribution is 6.09. The number of fused-ring (bicyclic) bond motifs is 1. The molecule has 1 heterocycles. The van der Waals surface area contributed by atoms with Crippen LogP contribution in [0.15, 0.2) is 54.7 Å². The zero-order valence-corrected chi connectivity index (χ0v) is 12.3. The van der Waals surface area contributed by atoms with Crippen molar-refractivity contribution in [2.75, 3.05) is 5.73 Å². The van der Waals surface area contributed by atoms with Gasteiger partial charge in [-0.25, -0.2) is 0 Å². The molecule has 22 heavy (non-hydrogen) atoms. The average Bonchev–Trinajstić information content (AvgIpc) is 2.56. The number of nitrogens with two attached hydrogens (primary N) is 1. The zero-order valence-electron chi connectivity index (χ0n) is 12.3. The van der Waals surface area contributed by atoms with Gasteiger partial charge in [-0.1, -0.05) is 36.4 Å². The quantitative estimate of drug-likeness (QED) is 0.729. The molecule has 0 atom stereocenters. The van der Waals surface area contributed by atoms with Gasteiger partial charge in [-0.05, 0) is 30.2 Å². The van der Waals surface area contributed by atoms with Gasteiger partial charge in [0, 0.05) is 29.2 Å². The number of aromatic nitrogens is 1. The third-order valence-corrected chi connectivity index (χ3v) is 3.68. The summed E-state index contributed by atoms with van der Waals surface area (Å²) < 4.78 is 0. The van der Waals surface area contributed by atoms with E-state index < -0.39 is 0 Å². The highest BCUT2D eigenvalue weighted by Crippen LogP contribution is 2.26. The molecule has 110 valence electrons. The zero-order chi connectivity index (χ0) is 15.5. The van der Waals surface area contributed by atoms with Crippen LogP contribution in [-0.2, 0) is 6.54 Å². The molecule has 3 N–H and O–H groups in total. The maximum Gasteiger partial charge on any atom is 0.270 e. The first kappa shape index (κ1) is 14.1. The molecule has 0 radical (unpaired) electrons. The SMILES string of the molecule is Cc1ccc(N)c2ccnc(C(=O)NCc3ccccc3)c12. The summed E-state index contributed by atoms with van der Waals surface area (Å²) in [5.41, 5.74) is 9.10. The van der Waals surface area contributed by atoms with Gasteiger partial charge < -0.3 is 11.1 Å². The third kappa shape index (κ3) is 2.63. The minimum absolute atomic E-state index is 0.192. The average molecular weight is 291 g/mol. The summed E-state index contributed by atoms with van der Waals surface area (Å²) in [5, 5.41) is 4.59. The lowest BCUT2D eigenvalue weighted by Gasteiger charge is -2.10. The largest absolute Gasteiger partial charge is 0.398 e. The predicted octanol–water partition coefficient (Wildman–Crippen LogP) is 3.06. The number of carbonyl (C=O) groups is 1. The van der Waals surface area contributed by atoms with Gasteiger partial charge in [0.25, 0.3) is 5.91 Å². The number of pyridine rings is 1. The molecule has 4 heteroatoms. The molecule has 1 aromatic heterocycles. The molecule has 2 aromatic carbocycles. The van der Waals surface area contributed by atoms with Crippen molar-refractivity contribution < 1.29 is 4.79 Å². The van der Waals surface area contributed by atoms with Gasteiger partial charge in [0.1, 0.15) is 5.69 Å². The molecule has 0 saturated carbocycles. The second-order valence-electron chi connectivity index (χ2n) is 5.22. The predicted molar refractivity (Wildman–Crippen MR) is 88.5 cm³/mol. The van der Waals surface area contributed by atoms with Crippen molar-refractivity contribution >= 4 is 22.4 Å². The van der Waals surface area contributed by atoms with Crippen LogP contribution in [0.2, 0.25) is 0 Å². The first-order valence-corrected chi connectivity index (χ1v) is 7.13. The smallest absolute Gasteiger partial charge is 0.270 e. The van der Waals surface area contributed by atoms with Crippen molar-refractivity contribution in [1.29, 1.82) is 0 Å². The fourth-order valence-corrected chi connectivity index (χ4v) is 2.52. The second kappa shape index (κ2) is 5.85. The molecule has 0 spiro atoms. The van der Waals surface area contributed by atoms with Gasteiger partial charge in [0.15, 0.2) is 0 Å². The van der Waals surface area contributed by atoms with Crippen molar-refractivity contribution in [1.82, 2.24) is 10.3 Å². The fourth-order valence-electron chi connectivity index (χ4n) is 2.52. The lowest BCUT2D eigenvalue weighted by atomic mass is 10.0. The Morgan fingerprint density at radius 3 is 2.68 bits per heavy atom. The number of carbonyl (C=O) groups excluding carboxylic acids is 1. The molecule has 0 aliphatic rings. The lowest BCUT2D eigenvalue weighted by molar-refractivity contribution is 0.0947. The molecular formula is C18H17N3O. The maximum absolute atomic E-state index is 12.5. The third-order valence-electron chi connectivity index (χ3n) is 3.68. The van der Waals surface area contributed by atoms with E-state index in [1.165, 1.54) is 0 Å². The van der Waals surface area contributed by atoms with Crippen molar-refractivity contribution in [2.45, 2.75) is 13.5 Å². The number of nitrogens with one attached hydrogen (secondary N) is 1. The highest BCUT2D eigenvalue weighted by atomic mass is 16.1. The number of rotatable bonds is 3. The Bertz CT molecular complexity index is 828.